The van der Waals surface area contributed by atoms with Crippen molar-refractivity contribution in [3.63, 3.8) is 0 Å². The Kier molecular flexibility index (Phi) is 60.7. The molecular weight excluding hydrogens is 775 g/mol. The second-order valence-corrected chi connectivity index (χ2v) is 15.3. The molecule has 2 atom stereocenters. The van der Waals surface area contributed by atoms with Crippen LogP contribution >= 0.6 is 15.9 Å². The molecule has 2 aliphatic heterocycles. The molecule has 0 bridgehead atoms. The number of alkyl halides is 1. The van der Waals surface area contributed by atoms with Crippen LogP contribution in [0, 0.1) is 54.8 Å². The molecule has 2 saturated heterocycles. The molecular formula is C52H86BrLiO4. The summed E-state index contributed by atoms with van der Waals surface area (Å²) in [6.45, 7) is 16.3. The van der Waals surface area contributed by atoms with Crippen LogP contribution in [0.2, 0.25) is 0 Å². The third-order valence-electron chi connectivity index (χ3n) is 8.98. The van der Waals surface area contributed by atoms with Crippen molar-refractivity contribution in [2.45, 2.75) is 219 Å². The van der Waals surface area contributed by atoms with Gasteiger partial charge >= 0.3 is 18.9 Å². The molecule has 58 heavy (non-hydrogen) atoms. The van der Waals surface area contributed by atoms with E-state index in [1.807, 2.05) is 12.2 Å². The molecule has 4 nitrogen and oxygen atoms in total. The summed E-state index contributed by atoms with van der Waals surface area (Å²) in [4.78, 5) is 0. The van der Waals surface area contributed by atoms with E-state index >= 15 is 0 Å². The fourth-order valence-electron chi connectivity index (χ4n) is 5.44. The topological polar surface area (TPSA) is 36.9 Å². The first-order chi connectivity index (χ1) is 28.2. The molecule has 2 rings (SSSR count). The van der Waals surface area contributed by atoms with Crippen molar-refractivity contribution in [3.05, 3.63) is 32.2 Å². The van der Waals surface area contributed by atoms with Gasteiger partial charge in [0.05, 0.1) is 13.2 Å². The summed E-state index contributed by atoms with van der Waals surface area (Å²) in [6, 6.07) is 0. The predicted octanol–water partition coefficient (Wildman–Crippen LogP) is 12.1. The number of rotatable bonds is 27. The van der Waals surface area contributed by atoms with Gasteiger partial charge in [0.2, 0.25) is 0 Å². The summed E-state index contributed by atoms with van der Waals surface area (Å²) in [5, 5.41) is 1.15. The molecule has 0 aliphatic carbocycles. The monoisotopic (exact) mass is 861 g/mol. The molecule has 0 amide bonds. The van der Waals surface area contributed by atoms with Crippen LogP contribution in [-0.4, -0.2) is 44.3 Å². The number of hydrogen-bond acceptors (Lipinski definition) is 4. The van der Waals surface area contributed by atoms with Crippen LogP contribution in [0.25, 0.3) is 0 Å². The molecule has 0 spiro atoms. The Morgan fingerprint density at radius 3 is 1.29 bits per heavy atom. The predicted molar refractivity (Wildman–Crippen MR) is 252 cm³/mol. The molecule has 0 aromatic heterocycles. The minimum absolute atomic E-state index is 0. The molecule has 0 saturated carbocycles. The van der Waals surface area contributed by atoms with Gasteiger partial charge in [-0.25, -0.2) is 0 Å². The standard InChI is InChI=1S/C24H38O2.C14H23Br.C10H16O2.C4H9.Li/c1-2-3-4-5-6-7-8-9-10-11-12-13-14-15-16-17-19-22-25-24-21-18-20-23-26-24;1-2-3-4-5-6-7-8-9-10-11-12-13-14-15;1-2-3-5-8-11-10-7-4-6-9-12-10;1-3-4-2;/h2,24H,1,3-5,8-14,17-23H2;2H,1,3-5,8-14H2;1,10H,3-9H2;1,3-4H2,2H3;/q;;;-1;+1. The molecule has 0 aromatic rings. The number of ether oxygens (including phenoxy) is 4. The number of hydrogen-bond donors (Lipinski definition) is 0. The van der Waals surface area contributed by atoms with Gasteiger partial charge in [-0.15, -0.1) is 61.0 Å². The van der Waals surface area contributed by atoms with Crippen molar-refractivity contribution in [1.82, 2.24) is 0 Å². The van der Waals surface area contributed by atoms with E-state index in [2.05, 4.69) is 84.4 Å². The van der Waals surface area contributed by atoms with E-state index in [4.69, 9.17) is 25.4 Å². The van der Waals surface area contributed by atoms with Crippen LogP contribution in [0.1, 0.15) is 206 Å². The van der Waals surface area contributed by atoms with Gasteiger partial charge in [-0.2, -0.15) is 6.42 Å². The average Bonchev–Trinajstić information content (AvgIpc) is 3.25. The molecule has 2 unspecified atom stereocenters. The van der Waals surface area contributed by atoms with E-state index in [0.29, 0.717) is 0 Å². The molecule has 0 radical (unpaired) electrons. The molecule has 6 heteroatoms. The van der Waals surface area contributed by atoms with Crippen LogP contribution in [-0.2, 0) is 18.9 Å². The zero-order chi connectivity index (χ0) is 41.8. The molecule has 2 fully saturated rings. The fraction of sp³-hybridized carbons (Fsp3) is 0.750. The van der Waals surface area contributed by atoms with Crippen LogP contribution < -0.4 is 18.9 Å². The van der Waals surface area contributed by atoms with Crippen molar-refractivity contribution < 1.29 is 37.8 Å². The van der Waals surface area contributed by atoms with Gasteiger partial charge in [0.1, 0.15) is 0 Å². The quantitative estimate of drug-likeness (QED) is 0.0206. The van der Waals surface area contributed by atoms with Crippen molar-refractivity contribution in [1.29, 1.82) is 0 Å². The number of halogens is 1. The first-order valence-corrected chi connectivity index (χ1v) is 24.2. The summed E-state index contributed by atoms with van der Waals surface area (Å²) in [6.07, 6.45) is 44.8. The van der Waals surface area contributed by atoms with Crippen LogP contribution in [0.5, 0.6) is 0 Å². The van der Waals surface area contributed by atoms with Crippen LogP contribution in [0.15, 0.2) is 25.3 Å². The summed E-state index contributed by atoms with van der Waals surface area (Å²) in [5.74, 6) is 22.1. The van der Waals surface area contributed by atoms with E-state index in [1.54, 1.807) is 0 Å². The second kappa shape index (κ2) is 57.7. The van der Waals surface area contributed by atoms with Gasteiger partial charge in [0.15, 0.2) is 12.6 Å². The Labute approximate surface area is 382 Å². The van der Waals surface area contributed by atoms with Gasteiger partial charge in [0, 0.05) is 63.5 Å². The zero-order valence-corrected chi connectivity index (χ0v) is 39.6. The van der Waals surface area contributed by atoms with Gasteiger partial charge in [-0.05, 0) is 103 Å². The maximum atomic E-state index is 5.70. The maximum absolute atomic E-state index is 5.70. The summed E-state index contributed by atoms with van der Waals surface area (Å²) >= 11 is 3.44. The van der Waals surface area contributed by atoms with Crippen molar-refractivity contribution >= 4 is 15.9 Å². The molecule has 0 aromatic carbocycles. The normalized spacial score (nSPS) is 15.1. The van der Waals surface area contributed by atoms with Gasteiger partial charge in [0.25, 0.3) is 0 Å². The number of unbranched alkanes of at least 4 members (excludes halogenated alkanes) is 18. The minimum atomic E-state index is 0. The second-order valence-electron chi connectivity index (χ2n) is 14.5. The Bertz CT molecular complexity index is 1050. The summed E-state index contributed by atoms with van der Waals surface area (Å²) in [7, 11) is 0. The molecule has 2 heterocycles. The first-order valence-electron chi connectivity index (χ1n) is 23.0. The Morgan fingerprint density at radius 1 is 0.586 bits per heavy atom. The summed E-state index contributed by atoms with van der Waals surface area (Å²) < 4.78 is 22.1. The third-order valence-corrected chi connectivity index (χ3v) is 9.54. The van der Waals surface area contributed by atoms with E-state index in [1.165, 1.54) is 103 Å². The smallest absolute Gasteiger partial charge is 0.353 e. The van der Waals surface area contributed by atoms with Crippen molar-refractivity contribution in [2.24, 2.45) is 0 Å². The van der Waals surface area contributed by atoms with E-state index in [9.17, 15) is 0 Å². The SMILES string of the molecule is C#CCCCOC1CCCCO1.C=CCCCC#CCCCCCCCBr.C=CCCCC#CCCCCCCCC#CCCCOC1CCCCO1.[CH2-]CCC.[Li+]. The van der Waals surface area contributed by atoms with E-state index in [-0.39, 0.29) is 31.4 Å². The van der Waals surface area contributed by atoms with Gasteiger partial charge in [-0.3, -0.25) is 0 Å². The Balaban J connectivity index is -0.000000800. The van der Waals surface area contributed by atoms with Gasteiger partial charge < -0.3 is 25.9 Å². The molecule has 0 N–H and O–H groups in total. The van der Waals surface area contributed by atoms with Crippen LogP contribution in [0.4, 0.5) is 0 Å². The largest absolute Gasteiger partial charge is 1.00 e. The van der Waals surface area contributed by atoms with E-state index < -0.39 is 0 Å². The van der Waals surface area contributed by atoms with Crippen LogP contribution in [0.3, 0.4) is 0 Å². The molecule has 2 aliphatic rings. The van der Waals surface area contributed by atoms with Crippen molar-refractivity contribution in [3.8, 4) is 47.9 Å². The van der Waals surface area contributed by atoms with E-state index in [0.717, 1.165) is 128 Å². The summed E-state index contributed by atoms with van der Waals surface area (Å²) in [5.41, 5.74) is 0. The maximum Gasteiger partial charge on any atom is 1.00 e. The number of allylic oxidation sites excluding steroid dienone is 2. The Morgan fingerprint density at radius 2 is 0.948 bits per heavy atom. The first kappa shape index (κ1) is 60.9. The van der Waals surface area contributed by atoms with Crippen molar-refractivity contribution in [2.75, 3.05) is 31.8 Å². The average molecular weight is 862 g/mol. The third kappa shape index (κ3) is 54.6. The molecule has 326 valence electrons. The minimum Gasteiger partial charge on any atom is -0.353 e. The fourth-order valence-corrected chi connectivity index (χ4v) is 5.84. The number of terminal acetylenes is 1. The van der Waals surface area contributed by atoms with Gasteiger partial charge in [-0.1, -0.05) is 80.0 Å². The Hall–Kier alpha value is -1.36. The zero-order valence-electron chi connectivity index (χ0n) is 38.0.